The zero-order valence-corrected chi connectivity index (χ0v) is 12.2. The molecule has 0 spiro atoms. The summed E-state index contributed by atoms with van der Waals surface area (Å²) in [6.07, 6.45) is 2.73. The second-order valence-corrected chi connectivity index (χ2v) is 5.56. The topological polar surface area (TPSA) is 29.1 Å². The highest BCUT2D eigenvalue weighted by Crippen LogP contribution is 2.22. The second kappa shape index (κ2) is 6.79. The van der Waals surface area contributed by atoms with Gasteiger partial charge in [-0.25, -0.2) is 0 Å². The van der Waals surface area contributed by atoms with Crippen LogP contribution >= 0.6 is 11.6 Å². The van der Waals surface area contributed by atoms with Gasteiger partial charge in [-0.1, -0.05) is 32.9 Å². The summed E-state index contributed by atoms with van der Waals surface area (Å²) in [7, 11) is 0. The highest BCUT2D eigenvalue weighted by Gasteiger charge is 2.25. The molecule has 0 radical (unpaired) electrons. The zero-order valence-electron chi connectivity index (χ0n) is 11.4. The minimum atomic E-state index is -0.327. The van der Waals surface area contributed by atoms with Gasteiger partial charge in [0.05, 0.1) is 0 Å². The van der Waals surface area contributed by atoms with E-state index >= 15 is 0 Å². The standard InChI is InChI=1S/C15H22ClNO/c1-4-15(2,3)14(18)17-13-9-5-7-12(11-13)8-6-10-16/h5,7,9,11H,4,6,8,10H2,1-3H3,(H,17,18). The lowest BCUT2D eigenvalue weighted by Gasteiger charge is -2.21. The van der Waals surface area contributed by atoms with E-state index in [1.165, 1.54) is 5.56 Å². The highest BCUT2D eigenvalue weighted by atomic mass is 35.5. The normalized spacial score (nSPS) is 11.3. The van der Waals surface area contributed by atoms with Crippen molar-refractivity contribution in [3.8, 4) is 0 Å². The van der Waals surface area contributed by atoms with Crippen LogP contribution in [0.15, 0.2) is 24.3 Å². The maximum Gasteiger partial charge on any atom is 0.230 e. The number of amides is 1. The largest absolute Gasteiger partial charge is 0.326 e. The summed E-state index contributed by atoms with van der Waals surface area (Å²) in [5, 5.41) is 2.98. The van der Waals surface area contributed by atoms with Crippen LogP contribution in [0.2, 0.25) is 0 Å². The van der Waals surface area contributed by atoms with Gasteiger partial charge in [-0.05, 0) is 37.0 Å². The third-order valence-corrected chi connectivity index (χ3v) is 3.55. The van der Waals surface area contributed by atoms with Crippen LogP contribution in [-0.2, 0) is 11.2 Å². The third kappa shape index (κ3) is 4.34. The minimum absolute atomic E-state index is 0.0690. The van der Waals surface area contributed by atoms with Gasteiger partial charge < -0.3 is 5.32 Å². The molecule has 1 aromatic rings. The molecule has 100 valence electrons. The fourth-order valence-electron chi connectivity index (χ4n) is 1.54. The summed E-state index contributed by atoms with van der Waals surface area (Å²) in [4.78, 5) is 12.1. The Labute approximate surface area is 115 Å². The van der Waals surface area contributed by atoms with E-state index in [2.05, 4.69) is 11.4 Å². The number of anilines is 1. The molecule has 0 bridgehead atoms. The third-order valence-electron chi connectivity index (χ3n) is 3.28. The van der Waals surface area contributed by atoms with Crippen LogP contribution in [0.4, 0.5) is 5.69 Å². The summed E-state index contributed by atoms with van der Waals surface area (Å²) < 4.78 is 0. The van der Waals surface area contributed by atoms with Crippen LogP contribution in [0.3, 0.4) is 0 Å². The Morgan fingerprint density at radius 3 is 2.72 bits per heavy atom. The molecule has 0 saturated carbocycles. The average Bonchev–Trinajstić information content (AvgIpc) is 2.36. The zero-order chi connectivity index (χ0) is 13.6. The minimum Gasteiger partial charge on any atom is -0.326 e. The van der Waals surface area contributed by atoms with Gasteiger partial charge in [-0.3, -0.25) is 4.79 Å². The summed E-state index contributed by atoms with van der Waals surface area (Å²) in [5.41, 5.74) is 1.75. The number of halogens is 1. The van der Waals surface area contributed by atoms with Gasteiger partial charge >= 0.3 is 0 Å². The number of rotatable bonds is 6. The fourth-order valence-corrected chi connectivity index (χ4v) is 1.67. The molecule has 0 aliphatic rings. The molecule has 3 heteroatoms. The number of hydrogen-bond acceptors (Lipinski definition) is 1. The Hall–Kier alpha value is -1.02. The SMILES string of the molecule is CCC(C)(C)C(=O)Nc1cccc(CCCCl)c1. The first-order chi connectivity index (χ1) is 8.49. The van der Waals surface area contributed by atoms with Crippen LogP contribution in [0.25, 0.3) is 0 Å². The average molecular weight is 268 g/mol. The van der Waals surface area contributed by atoms with Crippen LogP contribution in [0.5, 0.6) is 0 Å². The molecule has 0 heterocycles. The Morgan fingerprint density at radius 2 is 2.11 bits per heavy atom. The first-order valence-electron chi connectivity index (χ1n) is 6.46. The number of alkyl halides is 1. The predicted octanol–water partition coefficient (Wildman–Crippen LogP) is 4.23. The predicted molar refractivity (Wildman–Crippen MR) is 78.2 cm³/mol. The fraction of sp³-hybridized carbons (Fsp3) is 0.533. The second-order valence-electron chi connectivity index (χ2n) is 5.18. The number of aryl methyl sites for hydroxylation is 1. The van der Waals surface area contributed by atoms with Gasteiger partial charge in [0.25, 0.3) is 0 Å². The molecule has 1 amide bonds. The molecule has 0 atom stereocenters. The van der Waals surface area contributed by atoms with Crippen molar-refractivity contribution in [2.45, 2.75) is 40.0 Å². The van der Waals surface area contributed by atoms with Gasteiger partial charge in [0.15, 0.2) is 0 Å². The summed E-state index contributed by atoms with van der Waals surface area (Å²) >= 11 is 5.68. The summed E-state index contributed by atoms with van der Waals surface area (Å²) in [6.45, 7) is 5.94. The molecule has 0 fully saturated rings. The highest BCUT2D eigenvalue weighted by molar-refractivity contribution is 6.17. The summed E-state index contributed by atoms with van der Waals surface area (Å²) in [6, 6.07) is 7.98. The maximum atomic E-state index is 12.1. The molecular formula is C15H22ClNO. The van der Waals surface area contributed by atoms with Gasteiger partial charge in [-0.15, -0.1) is 11.6 Å². The molecule has 1 aromatic carbocycles. The Morgan fingerprint density at radius 1 is 1.39 bits per heavy atom. The van der Waals surface area contributed by atoms with E-state index in [9.17, 15) is 4.79 Å². The van der Waals surface area contributed by atoms with E-state index < -0.39 is 0 Å². The van der Waals surface area contributed by atoms with Crippen LogP contribution in [0, 0.1) is 5.41 Å². The van der Waals surface area contributed by atoms with Crippen molar-refractivity contribution < 1.29 is 4.79 Å². The first kappa shape index (κ1) is 15.0. The molecule has 0 aliphatic carbocycles. The van der Waals surface area contributed by atoms with Crippen molar-refractivity contribution in [3.05, 3.63) is 29.8 Å². The molecular weight excluding hydrogens is 246 g/mol. The summed E-state index contributed by atoms with van der Waals surface area (Å²) in [5.74, 6) is 0.735. The van der Waals surface area contributed by atoms with Gasteiger partial charge in [0.2, 0.25) is 5.91 Å². The van der Waals surface area contributed by atoms with Crippen molar-refractivity contribution in [2.75, 3.05) is 11.2 Å². The quantitative estimate of drug-likeness (QED) is 0.768. The van der Waals surface area contributed by atoms with Gasteiger partial charge in [-0.2, -0.15) is 0 Å². The van der Waals surface area contributed by atoms with E-state index in [0.29, 0.717) is 5.88 Å². The Balaban J connectivity index is 2.70. The number of nitrogens with one attached hydrogen (secondary N) is 1. The Kier molecular flexibility index (Phi) is 5.67. The van der Waals surface area contributed by atoms with Crippen LogP contribution in [0.1, 0.15) is 39.2 Å². The molecule has 2 nitrogen and oxygen atoms in total. The lowest BCUT2D eigenvalue weighted by molar-refractivity contribution is -0.124. The maximum absolute atomic E-state index is 12.1. The smallest absolute Gasteiger partial charge is 0.230 e. The number of carbonyl (C=O) groups excluding carboxylic acids is 1. The molecule has 0 aliphatic heterocycles. The van der Waals surface area contributed by atoms with E-state index in [1.54, 1.807) is 0 Å². The molecule has 18 heavy (non-hydrogen) atoms. The van der Waals surface area contributed by atoms with Crippen LogP contribution in [-0.4, -0.2) is 11.8 Å². The van der Waals surface area contributed by atoms with Crippen molar-refractivity contribution in [3.63, 3.8) is 0 Å². The van der Waals surface area contributed by atoms with E-state index in [1.807, 2.05) is 39.0 Å². The molecule has 1 rings (SSSR count). The number of hydrogen-bond donors (Lipinski definition) is 1. The molecule has 0 unspecified atom stereocenters. The van der Waals surface area contributed by atoms with Crippen molar-refractivity contribution >= 4 is 23.2 Å². The van der Waals surface area contributed by atoms with Gasteiger partial charge in [0.1, 0.15) is 0 Å². The first-order valence-corrected chi connectivity index (χ1v) is 6.99. The van der Waals surface area contributed by atoms with E-state index in [4.69, 9.17) is 11.6 Å². The number of carbonyl (C=O) groups is 1. The molecule has 0 saturated heterocycles. The van der Waals surface area contributed by atoms with Crippen LogP contribution < -0.4 is 5.32 Å². The molecule has 1 N–H and O–H groups in total. The molecule has 0 aromatic heterocycles. The van der Waals surface area contributed by atoms with E-state index in [-0.39, 0.29) is 11.3 Å². The lowest BCUT2D eigenvalue weighted by Crippen LogP contribution is -2.29. The lowest BCUT2D eigenvalue weighted by atomic mass is 9.89. The van der Waals surface area contributed by atoms with Crippen molar-refractivity contribution in [1.82, 2.24) is 0 Å². The van der Waals surface area contributed by atoms with E-state index in [0.717, 1.165) is 24.9 Å². The van der Waals surface area contributed by atoms with Crippen molar-refractivity contribution in [1.29, 1.82) is 0 Å². The van der Waals surface area contributed by atoms with Crippen molar-refractivity contribution in [2.24, 2.45) is 5.41 Å². The monoisotopic (exact) mass is 267 g/mol. The number of benzene rings is 1. The Bertz CT molecular complexity index is 401. The van der Waals surface area contributed by atoms with Gasteiger partial charge in [0, 0.05) is 17.0 Å².